The first-order valence-electron chi connectivity index (χ1n) is 7.14. The molecule has 1 unspecified atom stereocenters. The van der Waals surface area contributed by atoms with E-state index < -0.39 is 0 Å². The van der Waals surface area contributed by atoms with Gasteiger partial charge in [-0.3, -0.25) is 9.59 Å². The van der Waals surface area contributed by atoms with E-state index in [2.05, 4.69) is 15.6 Å². The van der Waals surface area contributed by atoms with Crippen molar-refractivity contribution in [1.29, 1.82) is 0 Å². The fourth-order valence-electron chi connectivity index (χ4n) is 1.81. The van der Waals surface area contributed by atoms with Crippen molar-refractivity contribution in [1.82, 2.24) is 4.98 Å². The zero-order valence-corrected chi connectivity index (χ0v) is 13.7. The summed E-state index contributed by atoms with van der Waals surface area (Å²) in [5, 5.41) is 8.06. The largest absolute Gasteiger partial charge is 0.326 e. The van der Waals surface area contributed by atoms with Crippen molar-refractivity contribution in [3.8, 4) is 11.3 Å². The molecule has 0 aliphatic heterocycles. The molecule has 1 heterocycles. The smallest absolute Gasteiger partial charge is 0.228 e. The van der Waals surface area contributed by atoms with Crippen LogP contribution in [-0.2, 0) is 9.59 Å². The van der Waals surface area contributed by atoms with Crippen LogP contribution in [0.25, 0.3) is 11.3 Å². The SMILES string of the molecule is CCC(C)C(=O)Nc1nc(-c2ccc(NC(C)=O)cc2)cs1. The standard InChI is InChI=1S/C16H19N3O2S/c1-4-10(2)15(21)19-16-18-14(9-22-16)12-5-7-13(8-6-12)17-11(3)20/h5-10H,4H2,1-3H3,(H,17,20)(H,18,19,21). The van der Waals surface area contributed by atoms with Gasteiger partial charge in [-0.2, -0.15) is 0 Å². The summed E-state index contributed by atoms with van der Waals surface area (Å²) in [7, 11) is 0. The number of thiazole rings is 1. The van der Waals surface area contributed by atoms with Crippen LogP contribution in [0.4, 0.5) is 10.8 Å². The van der Waals surface area contributed by atoms with E-state index in [9.17, 15) is 9.59 Å². The van der Waals surface area contributed by atoms with Crippen molar-refractivity contribution < 1.29 is 9.59 Å². The molecule has 0 saturated heterocycles. The zero-order chi connectivity index (χ0) is 16.1. The van der Waals surface area contributed by atoms with Gasteiger partial charge in [0.05, 0.1) is 5.69 Å². The van der Waals surface area contributed by atoms with E-state index in [0.717, 1.165) is 23.4 Å². The zero-order valence-electron chi connectivity index (χ0n) is 12.8. The van der Waals surface area contributed by atoms with Crippen LogP contribution in [0.15, 0.2) is 29.6 Å². The number of carbonyl (C=O) groups is 2. The normalized spacial score (nSPS) is 11.8. The van der Waals surface area contributed by atoms with Crippen molar-refractivity contribution in [2.45, 2.75) is 27.2 Å². The van der Waals surface area contributed by atoms with E-state index in [4.69, 9.17) is 0 Å². The van der Waals surface area contributed by atoms with Gasteiger partial charge in [0.1, 0.15) is 0 Å². The second-order valence-corrected chi connectivity index (χ2v) is 5.95. The molecule has 0 aliphatic carbocycles. The minimum atomic E-state index is -0.101. The Bertz CT molecular complexity index is 664. The Morgan fingerprint density at radius 1 is 1.23 bits per heavy atom. The molecule has 116 valence electrons. The second-order valence-electron chi connectivity index (χ2n) is 5.09. The van der Waals surface area contributed by atoms with Crippen LogP contribution >= 0.6 is 11.3 Å². The topological polar surface area (TPSA) is 71.1 Å². The highest BCUT2D eigenvalue weighted by Gasteiger charge is 2.13. The van der Waals surface area contributed by atoms with Crippen LogP contribution in [0, 0.1) is 5.92 Å². The number of carbonyl (C=O) groups excluding carboxylic acids is 2. The third-order valence-electron chi connectivity index (χ3n) is 3.30. The van der Waals surface area contributed by atoms with Crippen LogP contribution in [-0.4, -0.2) is 16.8 Å². The highest BCUT2D eigenvalue weighted by Crippen LogP contribution is 2.26. The molecule has 2 rings (SSSR count). The summed E-state index contributed by atoms with van der Waals surface area (Å²) in [6.07, 6.45) is 0.800. The lowest BCUT2D eigenvalue weighted by molar-refractivity contribution is -0.119. The Labute approximate surface area is 133 Å². The molecule has 1 aromatic heterocycles. The first kappa shape index (κ1) is 16.2. The van der Waals surface area contributed by atoms with Gasteiger partial charge in [0.15, 0.2) is 5.13 Å². The van der Waals surface area contributed by atoms with Gasteiger partial charge in [0.25, 0.3) is 0 Å². The van der Waals surface area contributed by atoms with Crippen molar-refractivity contribution in [3.63, 3.8) is 0 Å². The summed E-state index contributed by atoms with van der Waals surface area (Å²) in [6.45, 7) is 5.35. The molecule has 0 saturated carbocycles. The summed E-state index contributed by atoms with van der Waals surface area (Å²) < 4.78 is 0. The molecule has 0 bridgehead atoms. The summed E-state index contributed by atoms with van der Waals surface area (Å²) in [5.74, 6) is -0.134. The van der Waals surface area contributed by atoms with Crippen LogP contribution in [0.5, 0.6) is 0 Å². The lowest BCUT2D eigenvalue weighted by atomic mass is 10.1. The molecule has 22 heavy (non-hydrogen) atoms. The molecular weight excluding hydrogens is 298 g/mol. The number of hydrogen-bond donors (Lipinski definition) is 2. The number of hydrogen-bond acceptors (Lipinski definition) is 4. The van der Waals surface area contributed by atoms with E-state index in [1.165, 1.54) is 18.3 Å². The molecular formula is C16H19N3O2S. The molecule has 1 atom stereocenters. The van der Waals surface area contributed by atoms with Gasteiger partial charge < -0.3 is 10.6 Å². The van der Waals surface area contributed by atoms with Crippen molar-refractivity contribution >= 4 is 34.0 Å². The van der Waals surface area contributed by atoms with Gasteiger partial charge in [-0.05, 0) is 18.6 Å². The first-order valence-corrected chi connectivity index (χ1v) is 8.02. The minimum absolute atomic E-state index is 0.00981. The summed E-state index contributed by atoms with van der Waals surface area (Å²) in [4.78, 5) is 27.3. The Hall–Kier alpha value is -2.21. The van der Waals surface area contributed by atoms with Crippen molar-refractivity contribution in [3.05, 3.63) is 29.6 Å². The average Bonchev–Trinajstić information content (AvgIpc) is 2.95. The minimum Gasteiger partial charge on any atom is -0.326 e. The lowest BCUT2D eigenvalue weighted by Crippen LogP contribution is -2.19. The fourth-order valence-corrected chi connectivity index (χ4v) is 2.53. The molecule has 0 aliphatic rings. The Morgan fingerprint density at radius 3 is 2.50 bits per heavy atom. The number of nitrogens with one attached hydrogen (secondary N) is 2. The maximum Gasteiger partial charge on any atom is 0.228 e. The fraction of sp³-hybridized carbons (Fsp3) is 0.312. The van der Waals surface area contributed by atoms with E-state index >= 15 is 0 Å². The summed E-state index contributed by atoms with van der Waals surface area (Å²) in [6, 6.07) is 7.43. The lowest BCUT2D eigenvalue weighted by Gasteiger charge is -2.06. The van der Waals surface area contributed by atoms with Gasteiger partial charge in [-0.1, -0.05) is 26.0 Å². The van der Waals surface area contributed by atoms with E-state index in [-0.39, 0.29) is 17.7 Å². The molecule has 2 amide bonds. The predicted molar refractivity (Wildman–Crippen MR) is 89.9 cm³/mol. The number of nitrogens with zero attached hydrogens (tertiary/aromatic N) is 1. The number of anilines is 2. The third-order valence-corrected chi connectivity index (χ3v) is 4.05. The summed E-state index contributed by atoms with van der Waals surface area (Å²) in [5.41, 5.74) is 2.49. The predicted octanol–water partition coefficient (Wildman–Crippen LogP) is 3.75. The Kier molecular flexibility index (Phi) is 5.27. The van der Waals surface area contributed by atoms with E-state index in [1.54, 1.807) is 0 Å². The van der Waals surface area contributed by atoms with Gasteiger partial charge >= 0.3 is 0 Å². The second kappa shape index (κ2) is 7.17. The van der Waals surface area contributed by atoms with Gasteiger partial charge in [0.2, 0.25) is 11.8 Å². The van der Waals surface area contributed by atoms with Crippen LogP contribution in [0.2, 0.25) is 0 Å². The molecule has 2 aromatic rings. The maximum atomic E-state index is 11.9. The number of benzene rings is 1. The number of rotatable bonds is 5. The monoisotopic (exact) mass is 317 g/mol. The van der Waals surface area contributed by atoms with Crippen molar-refractivity contribution in [2.75, 3.05) is 10.6 Å². The van der Waals surface area contributed by atoms with E-state index in [0.29, 0.717) is 5.13 Å². The molecule has 0 radical (unpaired) electrons. The van der Waals surface area contributed by atoms with Crippen molar-refractivity contribution in [2.24, 2.45) is 5.92 Å². The number of amides is 2. The highest BCUT2D eigenvalue weighted by molar-refractivity contribution is 7.14. The highest BCUT2D eigenvalue weighted by atomic mass is 32.1. The van der Waals surface area contributed by atoms with Crippen LogP contribution in [0.1, 0.15) is 27.2 Å². The molecule has 1 aromatic carbocycles. The third kappa shape index (κ3) is 4.14. The molecule has 5 nitrogen and oxygen atoms in total. The molecule has 0 fully saturated rings. The van der Waals surface area contributed by atoms with Gasteiger partial charge in [0, 0.05) is 29.5 Å². The average molecular weight is 317 g/mol. The molecule has 0 spiro atoms. The number of aromatic nitrogens is 1. The van der Waals surface area contributed by atoms with Gasteiger partial charge in [-0.25, -0.2) is 4.98 Å². The molecule has 6 heteroatoms. The maximum absolute atomic E-state index is 11.9. The molecule has 2 N–H and O–H groups in total. The van der Waals surface area contributed by atoms with Crippen LogP contribution < -0.4 is 10.6 Å². The Morgan fingerprint density at radius 2 is 1.91 bits per heavy atom. The summed E-state index contributed by atoms with van der Waals surface area (Å²) >= 11 is 1.40. The Balaban J connectivity index is 2.07. The van der Waals surface area contributed by atoms with Crippen LogP contribution in [0.3, 0.4) is 0 Å². The van der Waals surface area contributed by atoms with E-state index in [1.807, 2.05) is 43.5 Å². The van der Waals surface area contributed by atoms with Gasteiger partial charge in [-0.15, -0.1) is 11.3 Å². The quantitative estimate of drug-likeness (QED) is 0.882. The first-order chi connectivity index (χ1) is 10.5.